The van der Waals surface area contributed by atoms with Crippen molar-refractivity contribution in [1.82, 2.24) is 20.1 Å². The minimum atomic E-state index is -0.634. The molecule has 1 aliphatic rings. The van der Waals surface area contributed by atoms with E-state index in [2.05, 4.69) is 20.1 Å². The van der Waals surface area contributed by atoms with Crippen molar-refractivity contribution in [3.05, 3.63) is 11.6 Å². The second kappa shape index (κ2) is 5.14. The number of aromatic nitrogens is 3. The number of nitrogens with zero attached hydrogens (tertiary/aromatic N) is 3. The zero-order chi connectivity index (χ0) is 12.3. The van der Waals surface area contributed by atoms with Gasteiger partial charge in [-0.15, -0.1) is 10.2 Å². The zero-order valence-corrected chi connectivity index (χ0v) is 10.7. The summed E-state index contributed by atoms with van der Waals surface area (Å²) in [5.74, 6) is 2.10. The van der Waals surface area contributed by atoms with Gasteiger partial charge in [0.15, 0.2) is 0 Å². The van der Waals surface area contributed by atoms with Crippen LogP contribution in [0.4, 0.5) is 0 Å². The summed E-state index contributed by atoms with van der Waals surface area (Å²) in [6.45, 7) is 6.14. The van der Waals surface area contributed by atoms with Gasteiger partial charge in [-0.2, -0.15) is 0 Å². The van der Waals surface area contributed by atoms with Gasteiger partial charge in [0.2, 0.25) is 0 Å². The summed E-state index contributed by atoms with van der Waals surface area (Å²) < 4.78 is 2.21. The third kappa shape index (κ3) is 3.04. The molecule has 0 amide bonds. The highest BCUT2D eigenvalue weighted by atomic mass is 16.3. The van der Waals surface area contributed by atoms with Crippen molar-refractivity contribution in [1.29, 1.82) is 0 Å². The largest absolute Gasteiger partial charge is 0.389 e. The average Bonchev–Trinajstić information content (AvgIpc) is 2.73. The first kappa shape index (κ1) is 12.5. The zero-order valence-electron chi connectivity index (χ0n) is 10.7. The van der Waals surface area contributed by atoms with Crippen molar-refractivity contribution in [3.63, 3.8) is 0 Å². The number of nitrogens with one attached hydrogen (secondary N) is 1. The van der Waals surface area contributed by atoms with Crippen molar-refractivity contribution in [3.8, 4) is 0 Å². The van der Waals surface area contributed by atoms with Gasteiger partial charge in [0.1, 0.15) is 11.6 Å². The van der Waals surface area contributed by atoms with Gasteiger partial charge in [-0.1, -0.05) is 6.92 Å². The maximum atomic E-state index is 9.88. The fraction of sp³-hybridized carbons (Fsp3) is 0.833. The summed E-state index contributed by atoms with van der Waals surface area (Å²) in [4.78, 5) is 0. The molecule has 0 saturated carbocycles. The Labute approximate surface area is 102 Å². The van der Waals surface area contributed by atoms with E-state index in [0.717, 1.165) is 31.0 Å². The predicted octanol–water partition coefficient (Wildman–Crippen LogP) is 0.865. The van der Waals surface area contributed by atoms with Crippen molar-refractivity contribution in [2.45, 2.75) is 58.2 Å². The summed E-state index contributed by atoms with van der Waals surface area (Å²) in [7, 11) is 0. The molecule has 2 rings (SSSR count). The molecule has 0 aromatic carbocycles. The normalized spacial score (nSPS) is 18.8. The Morgan fingerprint density at radius 3 is 3.00 bits per heavy atom. The lowest BCUT2D eigenvalue weighted by atomic mass is 10.0. The fourth-order valence-electron chi connectivity index (χ4n) is 2.07. The van der Waals surface area contributed by atoms with E-state index in [4.69, 9.17) is 0 Å². The lowest BCUT2D eigenvalue weighted by Gasteiger charge is -2.22. The number of aryl methyl sites for hydroxylation is 1. The van der Waals surface area contributed by atoms with Gasteiger partial charge in [0.25, 0.3) is 0 Å². The van der Waals surface area contributed by atoms with Crippen molar-refractivity contribution in [2.24, 2.45) is 0 Å². The van der Waals surface area contributed by atoms with Crippen LogP contribution in [0.2, 0.25) is 0 Å². The third-order valence-electron chi connectivity index (χ3n) is 3.49. The van der Waals surface area contributed by atoms with Gasteiger partial charge in [0.05, 0.1) is 12.1 Å². The molecule has 1 aromatic rings. The summed E-state index contributed by atoms with van der Waals surface area (Å²) >= 11 is 0. The Balaban J connectivity index is 1.89. The lowest BCUT2D eigenvalue weighted by Crippen LogP contribution is -2.37. The highest BCUT2D eigenvalue weighted by molar-refractivity contribution is 4.98. The highest BCUT2D eigenvalue weighted by Crippen LogP contribution is 2.14. The summed E-state index contributed by atoms with van der Waals surface area (Å²) in [5.41, 5.74) is -0.634. The minimum Gasteiger partial charge on any atom is -0.389 e. The molecule has 2 heterocycles. The first-order valence-electron chi connectivity index (χ1n) is 6.46. The van der Waals surface area contributed by atoms with Crippen LogP contribution in [0.25, 0.3) is 0 Å². The second-order valence-corrected chi connectivity index (χ2v) is 5.10. The molecule has 0 spiro atoms. The summed E-state index contributed by atoms with van der Waals surface area (Å²) in [6.07, 6.45) is 4.22. The van der Waals surface area contributed by atoms with Crippen molar-refractivity contribution in [2.75, 3.05) is 6.54 Å². The molecule has 17 heavy (non-hydrogen) atoms. The maximum absolute atomic E-state index is 9.88. The molecule has 96 valence electrons. The Hall–Kier alpha value is -0.940. The minimum absolute atomic E-state index is 0.589. The molecule has 0 radical (unpaired) electrons. The first-order chi connectivity index (χ1) is 8.12. The number of fused-ring (bicyclic) bond motifs is 1. The van der Waals surface area contributed by atoms with E-state index in [1.54, 1.807) is 0 Å². The molecule has 5 nitrogen and oxygen atoms in total. The fourth-order valence-corrected chi connectivity index (χ4v) is 2.07. The Kier molecular flexibility index (Phi) is 3.79. The van der Waals surface area contributed by atoms with Gasteiger partial charge >= 0.3 is 0 Å². The molecule has 1 aliphatic heterocycles. The summed E-state index contributed by atoms with van der Waals surface area (Å²) in [5, 5.41) is 21.6. The van der Waals surface area contributed by atoms with Gasteiger partial charge in [-0.05, 0) is 26.2 Å². The monoisotopic (exact) mass is 238 g/mol. The van der Waals surface area contributed by atoms with Crippen LogP contribution in [-0.2, 0) is 19.5 Å². The SMILES string of the molecule is CCC(C)(O)CNCc1nnc2n1CCCC2. The third-order valence-corrected chi connectivity index (χ3v) is 3.49. The van der Waals surface area contributed by atoms with E-state index in [9.17, 15) is 5.11 Å². The van der Waals surface area contributed by atoms with Crippen LogP contribution >= 0.6 is 0 Å². The van der Waals surface area contributed by atoms with Gasteiger partial charge in [-0.3, -0.25) is 0 Å². The molecular formula is C12H22N4O. The number of hydrogen-bond acceptors (Lipinski definition) is 4. The summed E-state index contributed by atoms with van der Waals surface area (Å²) in [6, 6.07) is 0. The van der Waals surface area contributed by atoms with Crippen LogP contribution in [0.5, 0.6) is 0 Å². The van der Waals surface area contributed by atoms with Crippen LogP contribution < -0.4 is 5.32 Å². The van der Waals surface area contributed by atoms with E-state index >= 15 is 0 Å². The Morgan fingerprint density at radius 1 is 1.41 bits per heavy atom. The van der Waals surface area contributed by atoms with Crippen LogP contribution in [0.3, 0.4) is 0 Å². The van der Waals surface area contributed by atoms with E-state index in [-0.39, 0.29) is 0 Å². The average molecular weight is 238 g/mol. The number of aliphatic hydroxyl groups is 1. The Morgan fingerprint density at radius 2 is 2.24 bits per heavy atom. The van der Waals surface area contributed by atoms with Crippen LogP contribution in [0.1, 0.15) is 44.8 Å². The van der Waals surface area contributed by atoms with E-state index in [0.29, 0.717) is 13.1 Å². The van der Waals surface area contributed by atoms with Crippen LogP contribution in [0, 0.1) is 0 Å². The van der Waals surface area contributed by atoms with Crippen molar-refractivity contribution < 1.29 is 5.11 Å². The first-order valence-corrected chi connectivity index (χ1v) is 6.46. The van der Waals surface area contributed by atoms with Crippen molar-refractivity contribution >= 4 is 0 Å². The topological polar surface area (TPSA) is 63.0 Å². The number of hydrogen-bond donors (Lipinski definition) is 2. The molecule has 1 aromatic heterocycles. The van der Waals surface area contributed by atoms with Gasteiger partial charge in [0, 0.05) is 19.5 Å². The molecule has 0 aliphatic carbocycles. The van der Waals surface area contributed by atoms with E-state index in [1.807, 2.05) is 13.8 Å². The number of rotatable bonds is 5. The molecular weight excluding hydrogens is 216 g/mol. The standard InChI is InChI=1S/C12H22N4O/c1-3-12(2,17)9-13-8-11-15-14-10-6-4-5-7-16(10)11/h13,17H,3-9H2,1-2H3. The Bertz CT molecular complexity index is 373. The maximum Gasteiger partial charge on any atom is 0.147 e. The lowest BCUT2D eigenvalue weighted by molar-refractivity contribution is 0.0553. The molecule has 0 saturated heterocycles. The van der Waals surface area contributed by atoms with Crippen LogP contribution in [-0.4, -0.2) is 32.0 Å². The van der Waals surface area contributed by atoms with Crippen LogP contribution in [0.15, 0.2) is 0 Å². The molecule has 1 atom stereocenters. The quantitative estimate of drug-likeness (QED) is 0.799. The smallest absolute Gasteiger partial charge is 0.147 e. The van der Waals surface area contributed by atoms with Gasteiger partial charge < -0.3 is 15.0 Å². The molecule has 5 heteroatoms. The van der Waals surface area contributed by atoms with Gasteiger partial charge in [-0.25, -0.2) is 0 Å². The molecule has 1 unspecified atom stereocenters. The molecule has 2 N–H and O–H groups in total. The highest BCUT2D eigenvalue weighted by Gasteiger charge is 2.18. The predicted molar refractivity (Wildman–Crippen MR) is 65.6 cm³/mol. The van der Waals surface area contributed by atoms with E-state index in [1.165, 1.54) is 12.8 Å². The molecule has 0 fully saturated rings. The molecule has 0 bridgehead atoms. The second-order valence-electron chi connectivity index (χ2n) is 5.10. The van der Waals surface area contributed by atoms with E-state index < -0.39 is 5.60 Å².